The van der Waals surface area contributed by atoms with Gasteiger partial charge in [0.1, 0.15) is 5.69 Å². The minimum absolute atomic E-state index is 0.155. The maximum absolute atomic E-state index is 12.3. The molecule has 1 aromatic carbocycles. The molecule has 1 aliphatic rings. The van der Waals surface area contributed by atoms with E-state index in [1.165, 1.54) is 0 Å². The van der Waals surface area contributed by atoms with Crippen LogP contribution in [0.2, 0.25) is 0 Å². The van der Waals surface area contributed by atoms with Crippen molar-refractivity contribution in [3.05, 3.63) is 60.6 Å². The van der Waals surface area contributed by atoms with Crippen molar-refractivity contribution in [1.29, 1.82) is 0 Å². The Morgan fingerprint density at radius 2 is 2.04 bits per heavy atom. The molecular weight excluding hydrogens is 320 g/mol. The van der Waals surface area contributed by atoms with E-state index in [0.717, 1.165) is 11.5 Å². The van der Waals surface area contributed by atoms with Crippen molar-refractivity contribution in [2.75, 3.05) is 13.3 Å². The lowest BCUT2D eigenvalue weighted by Crippen LogP contribution is -2.27. The zero-order valence-electron chi connectivity index (χ0n) is 13.4. The summed E-state index contributed by atoms with van der Waals surface area (Å²) in [6.45, 7) is 1.27. The Hall–Kier alpha value is -3.35. The molecular formula is C18H16N4O3. The first kappa shape index (κ1) is 15.2. The smallest absolute Gasteiger partial charge is 0.251 e. The van der Waals surface area contributed by atoms with Crippen molar-refractivity contribution in [2.45, 2.75) is 6.54 Å². The molecule has 126 valence electrons. The molecule has 0 spiro atoms. The lowest BCUT2D eigenvalue weighted by molar-refractivity contribution is 0.0952. The summed E-state index contributed by atoms with van der Waals surface area (Å²) in [5.41, 5.74) is 1.34. The van der Waals surface area contributed by atoms with Crippen LogP contribution in [-0.2, 0) is 6.54 Å². The van der Waals surface area contributed by atoms with E-state index in [0.29, 0.717) is 30.2 Å². The monoisotopic (exact) mass is 336 g/mol. The van der Waals surface area contributed by atoms with Gasteiger partial charge in [0, 0.05) is 37.2 Å². The summed E-state index contributed by atoms with van der Waals surface area (Å²) in [5, 5.41) is 2.90. The van der Waals surface area contributed by atoms with Gasteiger partial charge in [0.05, 0.1) is 0 Å². The summed E-state index contributed by atoms with van der Waals surface area (Å²) in [4.78, 5) is 20.9. The van der Waals surface area contributed by atoms with Crippen LogP contribution in [0.25, 0.3) is 11.5 Å². The van der Waals surface area contributed by atoms with Gasteiger partial charge < -0.3 is 19.4 Å². The van der Waals surface area contributed by atoms with Gasteiger partial charge in [-0.3, -0.25) is 9.78 Å². The highest BCUT2D eigenvalue weighted by atomic mass is 16.7. The van der Waals surface area contributed by atoms with Crippen molar-refractivity contribution in [3.8, 4) is 23.0 Å². The van der Waals surface area contributed by atoms with Gasteiger partial charge in [-0.1, -0.05) is 6.07 Å². The van der Waals surface area contributed by atoms with E-state index in [4.69, 9.17) is 9.47 Å². The molecule has 0 radical (unpaired) electrons. The number of rotatable bonds is 5. The van der Waals surface area contributed by atoms with Gasteiger partial charge in [-0.15, -0.1) is 0 Å². The van der Waals surface area contributed by atoms with Crippen molar-refractivity contribution in [1.82, 2.24) is 19.9 Å². The first-order valence-electron chi connectivity index (χ1n) is 7.91. The maximum atomic E-state index is 12.3. The Balaban J connectivity index is 1.38. The van der Waals surface area contributed by atoms with Crippen LogP contribution >= 0.6 is 0 Å². The van der Waals surface area contributed by atoms with Crippen LogP contribution in [0.5, 0.6) is 11.5 Å². The normalized spacial score (nSPS) is 12.2. The number of aromatic nitrogens is 3. The van der Waals surface area contributed by atoms with E-state index in [9.17, 15) is 4.79 Å². The summed E-state index contributed by atoms with van der Waals surface area (Å²) in [5.74, 6) is 1.88. The van der Waals surface area contributed by atoms with E-state index in [-0.39, 0.29) is 12.7 Å². The Kier molecular flexibility index (Phi) is 4.04. The number of carbonyl (C=O) groups is 1. The van der Waals surface area contributed by atoms with Gasteiger partial charge in [-0.05, 0) is 30.3 Å². The summed E-state index contributed by atoms with van der Waals surface area (Å²) < 4.78 is 12.5. The third kappa shape index (κ3) is 3.16. The number of amides is 1. The summed E-state index contributed by atoms with van der Waals surface area (Å²) in [6.07, 6.45) is 5.33. The van der Waals surface area contributed by atoms with E-state index in [1.807, 2.05) is 29.0 Å². The minimum Gasteiger partial charge on any atom is -0.454 e. The van der Waals surface area contributed by atoms with Crippen LogP contribution in [0.3, 0.4) is 0 Å². The van der Waals surface area contributed by atoms with Gasteiger partial charge in [-0.2, -0.15) is 0 Å². The van der Waals surface area contributed by atoms with Gasteiger partial charge in [-0.25, -0.2) is 4.98 Å². The number of carbonyl (C=O) groups excluding carboxylic acids is 1. The average Bonchev–Trinajstić information content (AvgIpc) is 3.31. The lowest BCUT2D eigenvalue weighted by atomic mass is 10.2. The molecule has 0 bridgehead atoms. The maximum Gasteiger partial charge on any atom is 0.251 e. The van der Waals surface area contributed by atoms with Crippen LogP contribution in [0.15, 0.2) is 55.0 Å². The van der Waals surface area contributed by atoms with Crippen molar-refractivity contribution in [3.63, 3.8) is 0 Å². The molecule has 1 aliphatic heterocycles. The first-order valence-corrected chi connectivity index (χ1v) is 7.91. The lowest BCUT2D eigenvalue weighted by Gasteiger charge is -2.09. The van der Waals surface area contributed by atoms with E-state index in [1.54, 1.807) is 30.6 Å². The fourth-order valence-electron chi connectivity index (χ4n) is 2.65. The molecule has 2 aromatic heterocycles. The molecule has 0 atom stereocenters. The molecule has 0 saturated heterocycles. The predicted molar refractivity (Wildman–Crippen MR) is 90.4 cm³/mol. The van der Waals surface area contributed by atoms with Gasteiger partial charge in [0.25, 0.3) is 5.91 Å². The van der Waals surface area contributed by atoms with Gasteiger partial charge in [0.2, 0.25) is 6.79 Å². The molecule has 25 heavy (non-hydrogen) atoms. The number of hydrogen-bond acceptors (Lipinski definition) is 5. The molecule has 4 rings (SSSR count). The second kappa shape index (κ2) is 6.64. The average molecular weight is 336 g/mol. The summed E-state index contributed by atoms with van der Waals surface area (Å²) >= 11 is 0. The second-order valence-corrected chi connectivity index (χ2v) is 5.48. The Morgan fingerprint density at radius 1 is 1.12 bits per heavy atom. The fraction of sp³-hybridized carbons (Fsp3) is 0.167. The molecule has 0 unspecified atom stereocenters. The number of hydrogen-bond donors (Lipinski definition) is 1. The van der Waals surface area contributed by atoms with Crippen LogP contribution < -0.4 is 14.8 Å². The Morgan fingerprint density at radius 3 is 2.92 bits per heavy atom. The summed E-state index contributed by atoms with van der Waals surface area (Å²) in [6, 6.07) is 10.8. The molecule has 0 saturated carbocycles. The largest absolute Gasteiger partial charge is 0.454 e. The highest BCUT2D eigenvalue weighted by Gasteiger charge is 2.16. The molecule has 7 nitrogen and oxygen atoms in total. The highest BCUT2D eigenvalue weighted by molar-refractivity contribution is 5.94. The first-order chi connectivity index (χ1) is 12.3. The topological polar surface area (TPSA) is 78.3 Å². The number of nitrogens with zero attached hydrogens (tertiary/aromatic N) is 3. The van der Waals surface area contributed by atoms with Crippen LogP contribution in [0.1, 0.15) is 10.4 Å². The number of nitrogens with one attached hydrogen (secondary N) is 1. The van der Waals surface area contributed by atoms with Crippen molar-refractivity contribution < 1.29 is 14.3 Å². The zero-order chi connectivity index (χ0) is 17.1. The second-order valence-electron chi connectivity index (χ2n) is 5.48. The van der Waals surface area contributed by atoms with Gasteiger partial charge in [0.15, 0.2) is 17.3 Å². The number of imidazole rings is 1. The minimum atomic E-state index is -0.155. The molecule has 3 aromatic rings. The van der Waals surface area contributed by atoms with E-state index >= 15 is 0 Å². The summed E-state index contributed by atoms with van der Waals surface area (Å²) in [7, 11) is 0. The number of fused-ring (bicyclic) bond motifs is 1. The van der Waals surface area contributed by atoms with Gasteiger partial charge >= 0.3 is 0 Å². The molecule has 0 aliphatic carbocycles. The van der Waals surface area contributed by atoms with E-state index in [2.05, 4.69) is 15.3 Å². The van der Waals surface area contributed by atoms with Crippen LogP contribution in [0, 0.1) is 0 Å². The Labute approximate surface area is 144 Å². The fourth-order valence-corrected chi connectivity index (χ4v) is 2.65. The van der Waals surface area contributed by atoms with Crippen LogP contribution in [0.4, 0.5) is 0 Å². The van der Waals surface area contributed by atoms with Crippen molar-refractivity contribution in [2.24, 2.45) is 0 Å². The molecule has 0 fully saturated rings. The van der Waals surface area contributed by atoms with Crippen molar-refractivity contribution >= 4 is 5.91 Å². The quantitative estimate of drug-likeness (QED) is 0.772. The number of pyridine rings is 1. The SMILES string of the molecule is O=C(NCCn1ccnc1-c1ccccn1)c1ccc2c(c1)OCO2. The molecule has 1 amide bonds. The molecule has 1 N–H and O–H groups in total. The van der Waals surface area contributed by atoms with E-state index < -0.39 is 0 Å². The third-order valence-electron chi connectivity index (χ3n) is 3.88. The third-order valence-corrected chi connectivity index (χ3v) is 3.88. The highest BCUT2D eigenvalue weighted by Crippen LogP contribution is 2.32. The molecule has 7 heteroatoms. The molecule has 3 heterocycles. The predicted octanol–water partition coefficient (Wildman–Crippen LogP) is 2.10. The number of ether oxygens (including phenoxy) is 2. The Bertz CT molecular complexity index is 892. The number of benzene rings is 1. The zero-order valence-corrected chi connectivity index (χ0v) is 13.4. The standard InChI is InChI=1S/C18H16N4O3/c23-18(13-4-5-15-16(11-13)25-12-24-15)21-8-10-22-9-7-20-17(22)14-3-1-2-6-19-14/h1-7,9,11H,8,10,12H2,(H,21,23). The van der Waals surface area contributed by atoms with Crippen LogP contribution in [-0.4, -0.2) is 33.8 Å².